The molecule has 2 aromatic rings. The van der Waals surface area contributed by atoms with E-state index in [1.807, 2.05) is 30.2 Å². The molecule has 0 aliphatic carbocycles. The summed E-state index contributed by atoms with van der Waals surface area (Å²) in [5.41, 5.74) is 2.21. The van der Waals surface area contributed by atoms with E-state index in [0.717, 1.165) is 36.7 Å². The van der Waals surface area contributed by atoms with Crippen LogP contribution >= 0.6 is 0 Å². The summed E-state index contributed by atoms with van der Waals surface area (Å²) >= 11 is 0. The molecule has 0 bridgehead atoms. The van der Waals surface area contributed by atoms with Crippen LogP contribution in [0.4, 0.5) is 4.79 Å². The molecule has 0 spiro atoms. The van der Waals surface area contributed by atoms with Gasteiger partial charge in [-0.2, -0.15) is 0 Å². The largest absolute Gasteiger partial charge is 0.338 e. The lowest BCUT2D eigenvalue weighted by atomic mass is 10.0. The molecule has 22 heavy (non-hydrogen) atoms. The molecule has 1 N–H and O–H groups in total. The minimum absolute atomic E-state index is 0.0375. The monoisotopic (exact) mass is 299 g/mol. The standard InChI is InChI=1S/C16H21N5O/c1-3-18-16(22)20-9-13(10-20)11-21-12(2)8-19-15(21)14-4-6-17-7-5-14/h4-8,13H,3,9-11H2,1-2H3,(H,18,22). The van der Waals surface area contributed by atoms with Crippen LogP contribution in [0.5, 0.6) is 0 Å². The van der Waals surface area contributed by atoms with E-state index in [-0.39, 0.29) is 6.03 Å². The number of urea groups is 1. The minimum Gasteiger partial charge on any atom is -0.338 e. The molecule has 1 aliphatic rings. The second-order valence-corrected chi connectivity index (χ2v) is 5.68. The van der Waals surface area contributed by atoms with Gasteiger partial charge >= 0.3 is 6.03 Å². The number of carbonyl (C=O) groups is 1. The zero-order valence-electron chi connectivity index (χ0n) is 13.0. The fraction of sp³-hybridized carbons (Fsp3) is 0.438. The molecule has 0 saturated carbocycles. The number of carbonyl (C=O) groups excluding carboxylic acids is 1. The Bertz CT molecular complexity index is 646. The molecule has 3 rings (SSSR count). The van der Waals surface area contributed by atoms with Crippen molar-refractivity contribution in [1.82, 2.24) is 24.8 Å². The highest BCUT2D eigenvalue weighted by molar-refractivity contribution is 5.74. The number of rotatable bonds is 4. The van der Waals surface area contributed by atoms with Crippen molar-refractivity contribution in [2.45, 2.75) is 20.4 Å². The van der Waals surface area contributed by atoms with Crippen LogP contribution in [0.2, 0.25) is 0 Å². The second-order valence-electron chi connectivity index (χ2n) is 5.68. The summed E-state index contributed by atoms with van der Waals surface area (Å²) in [7, 11) is 0. The predicted molar refractivity (Wildman–Crippen MR) is 84.3 cm³/mol. The van der Waals surface area contributed by atoms with Gasteiger partial charge in [-0.05, 0) is 26.0 Å². The van der Waals surface area contributed by atoms with Gasteiger partial charge in [-0.1, -0.05) is 0 Å². The molecule has 6 heteroatoms. The summed E-state index contributed by atoms with van der Waals surface area (Å²) in [5, 5.41) is 2.84. The predicted octanol–water partition coefficient (Wildman–Crippen LogP) is 1.91. The molecule has 2 amide bonds. The van der Waals surface area contributed by atoms with Crippen molar-refractivity contribution >= 4 is 6.03 Å². The van der Waals surface area contributed by atoms with Crippen molar-refractivity contribution in [1.29, 1.82) is 0 Å². The molecule has 0 radical (unpaired) electrons. The van der Waals surface area contributed by atoms with Gasteiger partial charge in [0.1, 0.15) is 5.82 Å². The van der Waals surface area contributed by atoms with Crippen LogP contribution in [-0.2, 0) is 6.54 Å². The third-order valence-electron chi connectivity index (χ3n) is 4.01. The van der Waals surface area contributed by atoms with Gasteiger partial charge in [-0.25, -0.2) is 9.78 Å². The average molecular weight is 299 g/mol. The summed E-state index contributed by atoms with van der Waals surface area (Å²) in [5.74, 6) is 1.45. The van der Waals surface area contributed by atoms with E-state index in [1.54, 1.807) is 12.4 Å². The molecule has 0 unspecified atom stereocenters. The molecular weight excluding hydrogens is 278 g/mol. The van der Waals surface area contributed by atoms with E-state index in [2.05, 4.69) is 26.8 Å². The maximum absolute atomic E-state index is 11.7. The van der Waals surface area contributed by atoms with Crippen LogP contribution in [0.1, 0.15) is 12.6 Å². The summed E-state index contributed by atoms with van der Waals surface area (Å²) in [6.45, 7) is 7.17. The maximum Gasteiger partial charge on any atom is 0.317 e. The van der Waals surface area contributed by atoms with Crippen LogP contribution in [0.3, 0.4) is 0 Å². The van der Waals surface area contributed by atoms with Crippen LogP contribution in [0.25, 0.3) is 11.4 Å². The number of hydrogen-bond acceptors (Lipinski definition) is 3. The molecule has 0 aromatic carbocycles. The second kappa shape index (κ2) is 6.17. The smallest absolute Gasteiger partial charge is 0.317 e. The normalized spacial score (nSPS) is 14.7. The van der Waals surface area contributed by atoms with Crippen molar-refractivity contribution in [2.24, 2.45) is 5.92 Å². The molecule has 1 aliphatic heterocycles. The quantitative estimate of drug-likeness (QED) is 0.938. The fourth-order valence-electron chi connectivity index (χ4n) is 2.80. The zero-order valence-corrected chi connectivity index (χ0v) is 13.0. The lowest BCUT2D eigenvalue weighted by Crippen LogP contribution is -2.54. The molecule has 1 saturated heterocycles. The Hall–Kier alpha value is -2.37. The van der Waals surface area contributed by atoms with E-state index in [1.165, 1.54) is 0 Å². The Morgan fingerprint density at radius 2 is 2.09 bits per heavy atom. The van der Waals surface area contributed by atoms with Crippen molar-refractivity contribution in [2.75, 3.05) is 19.6 Å². The van der Waals surface area contributed by atoms with Crippen molar-refractivity contribution in [3.05, 3.63) is 36.4 Å². The molecule has 1 fully saturated rings. The summed E-state index contributed by atoms with van der Waals surface area (Å²) in [6, 6.07) is 3.98. The number of aromatic nitrogens is 3. The lowest BCUT2D eigenvalue weighted by molar-refractivity contribution is 0.111. The number of likely N-dealkylation sites (tertiary alicyclic amines) is 1. The third-order valence-corrected chi connectivity index (χ3v) is 4.01. The van der Waals surface area contributed by atoms with Crippen molar-refractivity contribution in [3.63, 3.8) is 0 Å². The summed E-state index contributed by atoms with van der Waals surface area (Å²) in [6.07, 6.45) is 5.46. The summed E-state index contributed by atoms with van der Waals surface area (Å²) < 4.78 is 2.23. The van der Waals surface area contributed by atoms with Crippen LogP contribution in [0, 0.1) is 12.8 Å². The molecule has 0 atom stereocenters. The lowest BCUT2D eigenvalue weighted by Gasteiger charge is -2.39. The first kappa shape index (κ1) is 14.6. The van der Waals surface area contributed by atoms with Gasteiger partial charge in [0.2, 0.25) is 0 Å². The number of amides is 2. The summed E-state index contributed by atoms with van der Waals surface area (Å²) in [4.78, 5) is 22.1. The number of aryl methyl sites for hydroxylation is 1. The van der Waals surface area contributed by atoms with E-state index >= 15 is 0 Å². The van der Waals surface area contributed by atoms with Crippen LogP contribution in [-0.4, -0.2) is 45.1 Å². The number of nitrogens with zero attached hydrogens (tertiary/aromatic N) is 4. The van der Waals surface area contributed by atoms with Gasteiger partial charge in [0.25, 0.3) is 0 Å². The van der Waals surface area contributed by atoms with Crippen LogP contribution in [0.15, 0.2) is 30.7 Å². The van der Waals surface area contributed by atoms with Gasteiger partial charge in [0, 0.05) is 61.9 Å². The highest BCUT2D eigenvalue weighted by atomic mass is 16.2. The van der Waals surface area contributed by atoms with E-state index in [9.17, 15) is 4.79 Å². The SMILES string of the molecule is CCNC(=O)N1CC(Cn2c(C)cnc2-c2ccncc2)C1. The van der Waals surface area contributed by atoms with E-state index in [4.69, 9.17) is 0 Å². The Kier molecular flexibility index (Phi) is 4.09. The third kappa shape index (κ3) is 2.81. The Balaban J connectivity index is 1.68. The molecular formula is C16H21N5O. The van der Waals surface area contributed by atoms with Gasteiger partial charge in [-0.15, -0.1) is 0 Å². The van der Waals surface area contributed by atoms with Gasteiger partial charge in [0.15, 0.2) is 0 Å². The Labute approximate surface area is 130 Å². The molecule has 116 valence electrons. The van der Waals surface area contributed by atoms with Gasteiger partial charge < -0.3 is 14.8 Å². The average Bonchev–Trinajstić information content (AvgIpc) is 2.84. The molecule has 2 aromatic heterocycles. The first-order valence-corrected chi connectivity index (χ1v) is 7.64. The van der Waals surface area contributed by atoms with Gasteiger partial charge in [0.05, 0.1) is 0 Å². The fourth-order valence-corrected chi connectivity index (χ4v) is 2.80. The molecule has 6 nitrogen and oxygen atoms in total. The highest BCUT2D eigenvalue weighted by Crippen LogP contribution is 2.24. The Morgan fingerprint density at radius 3 is 2.77 bits per heavy atom. The minimum atomic E-state index is 0.0375. The van der Waals surface area contributed by atoms with Crippen molar-refractivity contribution < 1.29 is 4.79 Å². The van der Waals surface area contributed by atoms with E-state index < -0.39 is 0 Å². The first-order valence-electron chi connectivity index (χ1n) is 7.64. The number of hydrogen-bond donors (Lipinski definition) is 1. The Morgan fingerprint density at radius 1 is 1.36 bits per heavy atom. The highest BCUT2D eigenvalue weighted by Gasteiger charge is 2.31. The van der Waals surface area contributed by atoms with E-state index in [0.29, 0.717) is 12.5 Å². The number of imidazole rings is 1. The zero-order chi connectivity index (χ0) is 15.5. The number of nitrogens with one attached hydrogen (secondary N) is 1. The van der Waals surface area contributed by atoms with Gasteiger partial charge in [-0.3, -0.25) is 4.98 Å². The first-order chi connectivity index (χ1) is 10.7. The molecule has 3 heterocycles. The topological polar surface area (TPSA) is 63.1 Å². The van der Waals surface area contributed by atoms with Crippen molar-refractivity contribution in [3.8, 4) is 11.4 Å². The maximum atomic E-state index is 11.7. The number of pyridine rings is 1. The van der Waals surface area contributed by atoms with Crippen LogP contribution < -0.4 is 5.32 Å².